The van der Waals surface area contributed by atoms with Crippen LogP contribution in [0.3, 0.4) is 0 Å². The van der Waals surface area contributed by atoms with Crippen LogP contribution in [0.4, 0.5) is 10.7 Å². The molecule has 0 spiro atoms. The molecule has 1 atom stereocenters. The Balaban J connectivity index is 0.850. The molecule has 4 aromatic carbocycles. The van der Waals surface area contributed by atoms with Gasteiger partial charge in [-0.2, -0.15) is 9.82 Å². The number of methoxy groups -OCH3 is 1. The molecule has 23 heteroatoms. The fraction of sp³-hybridized carbons (Fsp3) is 0.367. The summed E-state index contributed by atoms with van der Waals surface area (Å²) in [6, 6.07) is 25.0. The molecular formula is C49H61N9O12S2. The minimum atomic E-state index is -4.28. The van der Waals surface area contributed by atoms with Gasteiger partial charge in [-0.25, -0.2) is 31.3 Å². The summed E-state index contributed by atoms with van der Waals surface area (Å²) in [4.78, 5) is 41.8. The van der Waals surface area contributed by atoms with Gasteiger partial charge in [-0.1, -0.05) is 54.6 Å². The van der Waals surface area contributed by atoms with Gasteiger partial charge in [0, 0.05) is 76.3 Å². The van der Waals surface area contributed by atoms with E-state index >= 15 is 0 Å². The summed E-state index contributed by atoms with van der Waals surface area (Å²) >= 11 is 0. The molecule has 386 valence electrons. The van der Waals surface area contributed by atoms with Crippen LogP contribution in [-0.4, -0.2) is 133 Å². The summed E-state index contributed by atoms with van der Waals surface area (Å²) in [5, 5.41) is 13.8. The standard InChI is InChI=1S/C49H61N9O12S2/c1-57-26-24-51-48(57)50-21-6-25-58-45-20-15-40(33-41(45)34-54-58)46(59)53-35-44(47(60)66-2)56-72(64,65)43-18-13-39(14-19-43)38-11-16-42(17-12-38)71(62,63)55-23-8-28-68-30-32-69-31-29-67-27-7-22-52-49(61)70-36-37-9-4-3-5-10-37/h3-5,9-20,24,26,33-34,44,55-56H,6-8,21-23,25,27-32,35-36H2,1-2H3,(H,50,51)(H,52,61)(H,53,59). The van der Waals surface area contributed by atoms with Gasteiger partial charge in [0.1, 0.15) is 12.6 Å². The molecule has 2 heterocycles. The van der Waals surface area contributed by atoms with E-state index in [1.54, 1.807) is 54.9 Å². The molecule has 2 aromatic heterocycles. The van der Waals surface area contributed by atoms with Gasteiger partial charge in [-0.3, -0.25) is 14.3 Å². The van der Waals surface area contributed by atoms with Crippen LogP contribution in [-0.2, 0) is 68.7 Å². The first-order chi connectivity index (χ1) is 34.8. The number of imidazole rings is 1. The predicted molar refractivity (Wildman–Crippen MR) is 268 cm³/mol. The maximum Gasteiger partial charge on any atom is 0.407 e. The Labute approximate surface area is 419 Å². The van der Waals surface area contributed by atoms with Gasteiger partial charge in [0.05, 0.1) is 55.0 Å². The number of rotatable bonds is 31. The Bertz CT molecular complexity index is 2880. The van der Waals surface area contributed by atoms with Gasteiger partial charge in [-0.05, 0) is 78.4 Å². The number of esters is 1. The monoisotopic (exact) mass is 1030 g/mol. The number of nitrogens with zero attached hydrogens (tertiary/aromatic N) is 4. The number of hydrogen-bond donors (Lipinski definition) is 5. The average molecular weight is 1030 g/mol. The van der Waals surface area contributed by atoms with Crippen molar-refractivity contribution in [3.05, 3.63) is 127 Å². The maximum atomic E-state index is 13.4. The van der Waals surface area contributed by atoms with E-state index in [0.29, 0.717) is 88.8 Å². The summed E-state index contributed by atoms with van der Waals surface area (Å²) in [5.41, 5.74) is 3.29. The highest BCUT2D eigenvalue weighted by atomic mass is 32.2. The molecule has 2 amide bonds. The zero-order valence-corrected chi connectivity index (χ0v) is 41.8. The first-order valence-corrected chi connectivity index (χ1v) is 26.2. The lowest BCUT2D eigenvalue weighted by atomic mass is 10.1. The SMILES string of the molecule is COC(=O)C(CNC(=O)c1ccc2c(cnn2CCCNc2nccn2C)c1)NS(=O)(=O)c1ccc(-c2ccc(S(=O)(=O)NCCCOCCOCCOCCCNC(=O)OCc3ccccc3)cc2)cc1. The Morgan fingerprint density at radius 2 is 1.35 bits per heavy atom. The lowest BCUT2D eigenvalue weighted by Crippen LogP contribution is -2.48. The number of carbonyl (C=O) groups is 3. The van der Waals surface area contributed by atoms with Crippen LogP contribution in [0, 0.1) is 0 Å². The molecule has 21 nitrogen and oxygen atoms in total. The summed E-state index contributed by atoms with van der Waals surface area (Å²) < 4.78 is 88.0. The van der Waals surface area contributed by atoms with Crippen LogP contribution in [0.2, 0.25) is 0 Å². The lowest BCUT2D eigenvalue weighted by Gasteiger charge is -2.17. The summed E-state index contributed by atoms with van der Waals surface area (Å²) in [6.45, 7) is 3.96. The first-order valence-electron chi connectivity index (χ1n) is 23.3. The number of fused-ring (bicyclic) bond motifs is 1. The number of ether oxygens (including phenoxy) is 5. The van der Waals surface area contributed by atoms with Crippen molar-refractivity contribution < 1.29 is 54.9 Å². The van der Waals surface area contributed by atoms with Crippen molar-refractivity contribution in [3.8, 4) is 11.1 Å². The summed E-state index contributed by atoms with van der Waals surface area (Å²) in [7, 11) is -5.07. The summed E-state index contributed by atoms with van der Waals surface area (Å²) in [5.74, 6) is -0.657. The van der Waals surface area contributed by atoms with Crippen molar-refractivity contribution in [2.75, 3.05) is 78.2 Å². The number of hydrogen-bond acceptors (Lipinski definition) is 15. The number of nitrogens with one attached hydrogen (secondary N) is 5. The number of alkyl carbamates (subject to hydrolysis) is 1. The van der Waals surface area contributed by atoms with E-state index < -0.39 is 50.6 Å². The number of aromatic nitrogens is 4. The van der Waals surface area contributed by atoms with Crippen molar-refractivity contribution in [3.63, 3.8) is 0 Å². The van der Waals surface area contributed by atoms with E-state index in [4.69, 9.17) is 23.7 Å². The normalized spacial score (nSPS) is 12.1. The zero-order valence-electron chi connectivity index (χ0n) is 40.2. The van der Waals surface area contributed by atoms with Crippen LogP contribution >= 0.6 is 0 Å². The van der Waals surface area contributed by atoms with Gasteiger partial charge < -0.3 is 44.2 Å². The zero-order chi connectivity index (χ0) is 51.2. The second-order valence-electron chi connectivity index (χ2n) is 16.2. The van der Waals surface area contributed by atoms with Crippen molar-refractivity contribution >= 4 is 54.9 Å². The van der Waals surface area contributed by atoms with E-state index in [-0.39, 0.29) is 22.9 Å². The number of benzene rings is 4. The molecule has 0 aliphatic heterocycles. The van der Waals surface area contributed by atoms with Gasteiger partial charge in [0.15, 0.2) is 0 Å². The van der Waals surface area contributed by atoms with Crippen LogP contribution in [0.15, 0.2) is 125 Å². The van der Waals surface area contributed by atoms with Crippen molar-refractivity contribution in [1.29, 1.82) is 0 Å². The molecular weight excluding hydrogens is 971 g/mol. The molecule has 0 bridgehead atoms. The van der Waals surface area contributed by atoms with Gasteiger partial charge in [0.2, 0.25) is 26.0 Å². The number of sulfonamides is 2. The molecule has 0 aliphatic carbocycles. The fourth-order valence-electron chi connectivity index (χ4n) is 7.04. The van der Waals surface area contributed by atoms with Crippen LogP contribution < -0.4 is 25.4 Å². The largest absolute Gasteiger partial charge is 0.468 e. The maximum absolute atomic E-state index is 13.4. The Kier molecular flexibility index (Phi) is 21.1. The lowest BCUT2D eigenvalue weighted by molar-refractivity contribution is -0.142. The Hall–Kier alpha value is -6.73. The molecule has 0 radical (unpaired) electrons. The van der Waals surface area contributed by atoms with E-state index in [1.807, 2.05) is 52.8 Å². The Morgan fingerprint density at radius 3 is 1.99 bits per heavy atom. The number of anilines is 1. The van der Waals surface area contributed by atoms with Gasteiger partial charge >= 0.3 is 12.1 Å². The van der Waals surface area contributed by atoms with Gasteiger partial charge in [0.25, 0.3) is 5.91 Å². The molecule has 5 N–H and O–H groups in total. The van der Waals surface area contributed by atoms with E-state index in [9.17, 15) is 31.2 Å². The minimum Gasteiger partial charge on any atom is -0.468 e. The number of carbonyl (C=O) groups excluding carboxylic acids is 3. The Morgan fingerprint density at radius 1 is 0.708 bits per heavy atom. The third-order valence-electron chi connectivity index (χ3n) is 10.9. The second-order valence-corrected chi connectivity index (χ2v) is 19.7. The fourth-order valence-corrected chi connectivity index (χ4v) is 9.30. The van der Waals surface area contributed by atoms with E-state index in [1.165, 1.54) is 24.3 Å². The molecule has 0 saturated heterocycles. The van der Waals surface area contributed by atoms with Crippen molar-refractivity contribution in [2.45, 2.75) is 48.2 Å². The molecule has 6 aromatic rings. The predicted octanol–water partition coefficient (Wildman–Crippen LogP) is 4.22. The third kappa shape index (κ3) is 17.0. The molecule has 0 saturated carbocycles. The number of amides is 2. The van der Waals surface area contributed by atoms with Crippen molar-refractivity contribution in [2.24, 2.45) is 7.05 Å². The van der Waals surface area contributed by atoms with Gasteiger partial charge in [-0.15, -0.1) is 0 Å². The van der Waals surface area contributed by atoms with Crippen LogP contribution in [0.1, 0.15) is 35.2 Å². The highest BCUT2D eigenvalue weighted by molar-refractivity contribution is 7.89. The molecule has 6 rings (SSSR count). The molecule has 0 fully saturated rings. The average Bonchev–Trinajstić information content (AvgIpc) is 4.01. The van der Waals surface area contributed by atoms with Crippen LogP contribution in [0.25, 0.3) is 22.0 Å². The van der Waals surface area contributed by atoms with E-state index in [0.717, 1.165) is 35.9 Å². The minimum absolute atomic E-state index is 0.0540. The summed E-state index contributed by atoms with van der Waals surface area (Å²) in [6.07, 6.45) is 6.60. The van der Waals surface area contributed by atoms with Crippen LogP contribution in [0.5, 0.6) is 0 Å². The molecule has 72 heavy (non-hydrogen) atoms. The highest BCUT2D eigenvalue weighted by Gasteiger charge is 2.27. The number of aryl methyl sites for hydroxylation is 2. The third-order valence-corrected chi connectivity index (χ3v) is 13.9. The smallest absolute Gasteiger partial charge is 0.407 e. The quantitative estimate of drug-likeness (QED) is 0.0302. The topological polar surface area (TPSA) is 261 Å². The highest BCUT2D eigenvalue weighted by Crippen LogP contribution is 2.24. The molecule has 0 aliphatic rings. The van der Waals surface area contributed by atoms with E-state index in [2.05, 4.69) is 35.5 Å². The molecule has 1 unspecified atom stereocenters. The second kappa shape index (κ2) is 27.8. The first kappa shape index (κ1) is 54.6. The van der Waals surface area contributed by atoms with Crippen molar-refractivity contribution in [1.82, 2.24) is 39.4 Å².